The molecule has 0 aromatic heterocycles. The fraction of sp³-hybridized carbons (Fsp3) is 0.875. The zero-order valence-corrected chi connectivity index (χ0v) is 13.7. The first-order chi connectivity index (χ1) is 9.79. The van der Waals surface area contributed by atoms with Crippen LogP contribution in [0.2, 0.25) is 0 Å². The average molecular weight is 298 g/mol. The lowest BCUT2D eigenvalue weighted by Gasteiger charge is -2.30. The summed E-state index contributed by atoms with van der Waals surface area (Å²) in [5.74, 6) is 0.0328. The zero-order valence-electron chi connectivity index (χ0n) is 13.7. The smallest absolute Gasteiger partial charge is 0.223 e. The first-order valence-electron chi connectivity index (χ1n) is 8.07. The summed E-state index contributed by atoms with van der Waals surface area (Å²) in [4.78, 5) is 24.0. The summed E-state index contributed by atoms with van der Waals surface area (Å²) in [6.07, 6.45) is 2.98. The van der Waals surface area contributed by atoms with Gasteiger partial charge in [0.25, 0.3) is 0 Å². The van der Waals surface area contributed by atoms with Crippen molar-refractivity contribution in [1.29, 1.82) is 0 Å². The summed E-state index contributed by atoms with van der Waals surface area (Å²) >= 11 is 0. The van der Waals surface area contributed by atoms with Crippen molar-refractivity contribution in [2.75, 3.05) is 0 Å². The lowest BCUT2D eigenvalue weighted by molar-refractivity contribution is -0.128. The third kappa shape index (κ3) is 6.46. The van der Waals surface area contributed by atoms with Crippen molar-refractivity contribution in [2.45, 2.75) is 78.0 Å². The molecule has 0 saturated heterocycles. The third-order valence-electron chi connectivity index (χ3n) is 4.01. The molecule has 1 aliphatic rings. The maximum absolute atomic E-state index is 12.0. The van der Waals surface area contributed by atoms with Crippen molar-refractivity contribution in [1.82, 2.24) is 10.6 Å². The van der Waals surface area contributed by atoms with E-state index in [0.717, 1.165) is 19.3 Å². The van der Waals surface area contributed by atoms with E-state index in [2.05, 4.69) is 10.6 Å². The van der Waals surface area contributed by atoms with Gasteiger partial charge in [-0.15, -0.1) is 0 Å². The molecule has 1 rings (SSSR count). The van der Waals surface area contributed by atoms with Gasteiger partial charge in [-0.1, -0.05) is 20.3 Å². The number of hydrogen-bond acceptors (Lipinski definition) is 3. The van der Waals surface area contributed by atoms with Crippen LogP contribution in [0.15, 0.2) is 0 Å². The summed E-state index contributed by atoms with van der Waals surface area (Å²) in [6, 6.07) is 0.196. The summed E-state index contributed by atoms with van der Waals surface area (Å²) in [6.45, 7) is 7.69. The van der Waals surface area contributed by atoms with Crippen LogP contribution in [0, 0.1) is 11.8 Å². The molecule has 3 atom stereocenters. The predicted octanol–water partition coefficient (Wildman–Crippen LogP) is 1.59. The highest BCUT2D eigenvalue weighted by molar-refractivity contribution is 5.79. The molecule has 0 heterocycles. The molecule has 2 amide bonds. The third-order valence-corrected chi connectivity index (χ3v) is 4.01. The van der Waals surface area contributed by atoms with E-state index in [9.17, 15) is 14.7 Å². The molecule has 21 heavy (non-hydrogen) atoms. The molecule has 0 spiro atoms. The van der Waals surface area contributed by atoms with Crippen LogP contribution in [0.5, 0.6) is 0 Å². The van der Waals surface area contributed by atoms with E-state index in [1.54, 1.807) is 0 Å². The van der Waals surface area contributed by atoms with Gasteiger partial charge >= 0.3 is 0 Å². The molecular formula is C16H30N2O3. The first kappa shape index (κ1) is 18.0. The zero-order chi connectivity index (χ0) is 16.0. The second-order valence-corrected chi connectivity index (χ2v) is 6.81. The van der Waals surface area contributed by atoms with E-state index < -0.39 is 6.10 Å². The van der Waals surface area contributed by atoms with Crippen LogP contribution in [0.1, 0.15) is 59.8 Å². The van der Waals surface area contributed by atoms with Gasteiger partial charge in [0.15, 0.2) is 0 Å². The second kappa shape index (κ2) is 8.37. The van der Waals surface area contributed by atoms with Crippen LogP contribution < -0.4 is 10.6 Å². The maximum Gasteiger partial charge on any atom is 0.223 e. The Labute approximate surface area is 127 Å². The van der Waals surface area contributed by atoms with Gasteiger partial charge in [-0.2, -0.15) is 0 Å². The van der Waals surface area contributed by atoms with E-state index in [4.69, 9.17) is 0 Å². The van der Waals surface area contributed by atoms with Gasteiger partial charge in [-0.05, 0) is 39.0 Å². The predicted molar refractivity (Wildman–Crippen MR) is 82.6 cm³/mol. The SMILES string of the molecule is CC(C)NC(=O)C1CCCC(NC(=O)CC(O)C(C)C)C1. The second-order valence-electron chi connectivity index (χ2n) is 6.81. The summed E-state index contributed by atoms with van der Waals surface area (Å²) in [5, 5.41) is 15.6. The standard InChI is InChI=1S/C16H30N2O3/c1-10(2)14(19)9-15(20)18-13-7-5-6-12(8-13)16(21)17-11(3)4/h10-14,19H,5-9H2,1-4H3,(H,17,21)(H,18,20). The lowest BCUT2D eigenvalue weighted by atomic mass is 9.85. The molecule has 3 N–H and O–H groups in total. The summed E-state index contributed by atoms with van der Waals surface area (Å²) in [5.41, 5.74) is 0. The molecule has 5 nitrogen and oxygen atoms in total. The van der Waals surface area contributed by atoms with Gasteiger partial charge in [0, 0.05) is 18.0 Å². The molecule has 0 radical (unpaired) electrons. The van der Waals surface area contributed by atoms with Crippen LogP contribution in [-0.2, 0) is 9.59 Å². The molecule has 122 valence electrons. The molecule has 5 heteroatoms. The molecule has 1 fully saturated rings. The highest BCUT2D eigenvalue weighted by atomic mass is 16.3. The Hall–Kier alpha value is -1.10. The summed E-state index contributed by atoms with van der Waals surface area (Å²) < 4.78 is 0. The topological polar surface area (TPSA) is 78.4 Å². The van der Waals surface area contributed by atoms with E-state index >= 15 is 0 Å². The van der Waals surface area contributed by atoms with Crippen molar-refractivity contribution in [3.05, 3.63) is 0 Å². The molecule has 1 aliphatic carbocycles. The molecule has 0 aromatic carbocycles. The fourth-order valence-electron chi connectivity index (χ4n) is 2.67. The largest absolute Gasteiger partial charge is 0.392 e. The van der Waals surface area contributed by atoms with Gasteiger partial charge in [0.2, 0.25) is 11.8 Å². The van der Waals surface area contributed by atoms with Gasteiger partial charge in [-0.25, -0.2) is 0 Å². The molecule has 0 aromatic rings. The minimum atomic E-state index is -0.603. The van der Waals surface area contributed by atoms with Crippen LogP contribution in [0.4, 0.5) is 0 Å². The van der Waals surface area contributed by atoms with Crippen molar-refractivity contribution in [3.8, 4) is 0 Å². The minimum absolute atomic E-state index is 0.0125. The Morgan fingerprint density at radius 2 is 1.86 bits per heavy atom. The molecule has 0 bridgehead atoms. The van der Waals surface area contributed by atoms with Gasteiger partial charge < -0.3 is 15.7 Å². The number of aliphatic hydroxyl groups excluding tert-OH is 1. The molecular weight excluding hydrogens is 268 g/mol. The number of carbonyl (C=O) groups excluding carboxylic acids is 2. The van der Waals surface area contributed by atoms with Crippen LogP contribution in [0.3, 0.4) is 0 Å². The Bertz CT molecular complexity index is 355. The van der Waals surface area contributed by atoms with E-state index in [1.807, 2.05) is 27.7 Å². The average Bonchev–Trinajstić information content (AvgIpc) is 2.37. The van der Waals surface area contributed by atoms with E-state index in [0.29, 0.717) is 6.42 Å². The van der Waals surface area contributed by atoms with Crippen molar-refractivity contribution >= 4 is 11.8 Å². The number of amides is 2. The van der Waals surface area contributed by atoms with Crippen molar-refractivity contribution in [2.24, 2.45) is 11.8 Å². The highest BCUT2D eigenvalue weighted by Crippen LogP contribution is 2.24. The van der Waals surface area contributed by atoms with Crippen molar-refractivity contribution in [3.63, 3.8) is 0 Å². The number of aliphatic hydroxyl groups is 1. The lowest BCUT2D eigenvalue weighted by Crippen LogP contribution is -2.44. The monoisotopic (exact) mass is 298 g/mol. The fourth-order valence-corrected chi connectivity index (χ4v) is 2.67. The van der Waals surface area contributed by atoms with Crippen molar-refractivity contribution < 1.29 is 14.7 Å². The van der Waals surface area contributed by atoms with Crippen LogP contribution in [0.25, 0.3) is 0 Å². The van der Waals surface area contributed by atoms with E-state index in [1.165, 1.54) is 0 Å². The number of carbonyl (C=O) groups is 2. The van der Waals surface area contributed by atoms with Gasteiger partial charge in [0.05, 0.1) is 12.5 Å². The summed E-state index contributed by atoms with van der Waals surface area (Å²) in [7, 11) is 0. The molecule has 1 saturated carbocycles. The minimum Gasteiger partial charge on any atom is -0.392 e. The normalized spacial score (nSPS) is 24.0. The maximum atomic E-state index is 12.0. The molecule has 3 unspecified atom stereocenters. The Morgan fingerprint density at radius 3 is 2.43 bits per heavy atom. The molecule has 0 aliphatic heterocycles. The quantitative estimate of drug-likeness (QED) is 0.697. The Balaban J connectivity index is 2.42. The number of nitrogens with one attached hydrogen (secondary N) is 2. The van der Waals surface area contributed by atoms with E-state index in [-0.39, 0.29) is 42.2 Å². The first-order valence-corrected chi connectivity index (χ1v) is 8.07. The Kier molecular flexibility index (Phi) is 7.15. The number of hydrogen-bond donors (Lipinski definition) is 3. The highest BCUT2D eigenvalue weighted by Gasteiger charge is 2.28. The Morgan fingerprint density at radius 1 is 1.19 bits per heavy atom. The van der Waals surface area contributed by atoms with Crippen LogP contribution >= 0.6 is 0 Å². The van der Waals surface area contributed by atoms with Gasteiger partial charge in [0.1, 0.15) is 0 Å². The van der Waals surface area contributed by atoms with Crippen LogP contribution in [-0.4, -0.2) is 35.1 Å². The number of rotatable bonds is 6. The van der Waals surface area contributed by atoms with Gasteiger partial charge in [-0.3, -0.25) is 9.59 Å².